The van der Waals surface area contributed by atoms with Gasteiger partial charge in [0.15, 0.2) is 0 Å². The molecule has 1 fully saturated rings. The molecule has 4 N–H and O–H groups in total. The summed E-state index contributed by atoms with van der Waals surface area (Å²) >= 11 is 0. The van der Waals surface area contributed by atoms with E-state index in [1.54, 1.807) is 24.3 Å². The van der Waals surface area contributed by atoms with Gasteiger partial charge in [-0.05, 0) is 56.1 Å². The van der Waals surface area contributed by atoms with Gasteiger partial charge in [-0.25, -0.2) is 0 Å². The summed E-state index contributed by atoms with van der Waals surface area (Å²) in [5.74, 6) is -0.205. The lowest BCUT2D eigenvalue weighted by Gasteiger charge is -2.22. The van der Waals surface area contributed by atoms with Gasteiger partial charge in [0.1, 0.15) is 17.8 Å². The summed E-state index contributed by atoms with van der Waals surface area (Å²) in [6.45, 7) is 5.23. The van der Waals surface area contributed by atoms with E-state index in [0.717, 1.165) is 12.8 Å². The zero-order chi connectivity index (χ0) is 24.5. The molecule has 1 aliphatic carbocycles. The van der Waals surface area contributed by atoms with Gasteiger partial charge in [-0.2, -0.15) is 0 Å². The molecule has 0 bridgehead atoms. The summed E-state index contributed by atoms with van der Waals surface area (Å²) in [6.07, 6.45) is 3.34. The number of benzene rings is 1. The van der Waals surface area contributed by atoms with Crippen LogP contribution in [0.5, 0.6) is 5.75 Å². The van der Waals surface area contributed by atoms with Crippen molar-refractivity contribution in [2.75, 3.05) is 19.7 Å². The van der Waals surface area contributed by atoms with E-state index >= 15 is 0 Å². The standard InChI is InChI=1S/C25H36N4O5/c1-16(2)14-20-25(33)26-12-5-13-34-21-7-4-3-6-18(21)23(31)29-19(10-11-22(30)28-20)24(32)27-15-17-8-9-17/h3-4,6-7,16-17,19-20H,5,8-15H2,1-2H3,(H,26,33)(H,27,32)(H,28,30)(H,29,31)/t19-,20?/m0/s1. The molecule has 186 valence electrons. The molecule has 0 spiro atoms. The van der Waals surface area contributed by atoms with Crippen LogP contribution in [0.15, 0.2) is 24.3 Å². The summed E-state index contributed by atoms with van der Waals surface area (Å²) in [7, 11) is 0. The quantitative estimate of drug-likeness (QED) is 0.517. The lowest BCUT2D eigenvalue weighted by Crippen LogP contribution is -2.50. The summed E-state index contributed by atoms with van der Waals surface area (Å²) in [6, 6.07) is 5.30. The molecule has 3 rings (SSSR count). The van der Waals surface area contributed by atoms with Gasteiger partial charge in [0, 0.05) is 19.5 Å². The van der Waals surface area contributed by atoms with Crippen LogP contribution >= 0.6 is 0 Å². The molecule has 0 radical (unpaired) electrons. The van der Waals surface area contributed by atoms with E-state index in [0.29, 0.717) is 49.8 Å². The van der Waals surface area contributed by atoms with Gasteiger partial charge in [0.05, 0.1) is 12.2 Å². The van der Waals surface area contributed by atoms with Crippen LogP contribution in [0.3, 0.4) is 0 Å². The predicted octanol–water partition coefficient (Wildman–Crippen LogP) is 1.52. The molecule has 1 aromatic rings. The highest BCUT2D eigenvalue weighted by Gasteiger charge is 2.28. The Kier molecular flexibility index (Phi) is 9.30. The van der Waals surface area contributed by atoms with Crippen molar-refractivity contribution in [3.63, 3.8) is 0 Å². The molecule has 4 amide bonds. The lowest BCUT2D eigenvalue weighted by atomic mass is 10.0. The number of hydrogen-bond acceptors (Lipinski definition) is 5. The second-order valence-electron chi connectivity index (χ2n) is 9.49. The molecule has 1 heterocycles. The molecule has 2 atom stereocenters. The fourth-order valence-electron chi connectivity index (χ4n) is 3.81. The topological polar surface area (TPSA) is 126 Å². The minimum atomic E-state index is -0.879. The number of carbonyl (C=O) groups is 4. The molecular formula is C25H36N4O5. The Balaban J connectivity index is 1.77. The maximum atomic E-state index is 13.0. The van der Waals surface area contributed by atoms with Crippen molar-refractivity contribution in [1.82, 2.24) is 21.3 Å². The van der Waals surface area contributed by atoms with Crippen LogP contribution in [0.1, 0.15) is 62.7 Å². The maximum Gasteiger partial charge on any atom is 0.255 e. The summed E-state index contributed by atoms with van der Waals surface area (Å²) in [4.78, 5) is 51.2. The van der Waals surface area contributed by atoms with Crippen LogP contribution in [-0.2, 0) is 14.4 Å². The molecule has 9 nitrogen and oxygen atoms in total. The second kappa shape index (κ2) is 12.4. The molecule has 1 aromatic carbocycles. The molecule has 1 aliphatic heterocycles. The molecule has 0 aromatic heterocycles. The van der Waals surface area contributed by atoms with Crippen molar-refractivity contribution in [2.24, 2.45) is 11.8 Å². The van der Waals surface area contributed by atoms with Crippen LogP contribution in [-0.4, -0.2) is 55.4 Å². The van der Waals surface area contributed by atoms with Crippen LogP contribution in [0, 0.1) is 11.8 Å². The Bertz CT molecular complexity index is 884. The summed E-state index contributed by atoms with van der Waals surface area (Å²) < 4.78 is 5.80. The number of ether oxygens (including phenoxy) is 1. The summed E-state index contributed by atoms with van der Waals surface area (Å²) in [5, 5.41) is 11.3. The van der Waals surface area contributed by atoms with Gasteiger partial charge in [-0.1, -0.05) is 26.0 Å². The second-order valence-corrected chi connectivity index (χ2v) is 9.49. The summed E-state index contributed by atoms with van der Waals surface area (Å²) in [5.41, 5.74) is 0.320. The van der Waals surface area contributed by atoms with Gasteiger partial charge in [-0.15, -0.1) is 0 Å². The number of amides is 4. The van der Waals surface area contributed by atoms with Gasteiger partial charge >= 0.3 is 0 Å². The van der Waals surface area contributed by atoms with Crippen molar-refractivity contribution < 1.29 is 23.9 Å². The Labute approximate surface area is 200 Å². The number of hydrogen-bond donors (Lipinski definition) is 4. The number of rotatable bonds is 5. The van der Waals surface area contributed by atoms with Crippen LogP contribution in [0.25, 0.3) is 0 Å². The number of carbonyl (C=O) groups excluding carboxylic acids is 4. The van der Waals surface area contributed by atoms with E-state index in [-0.39, 0.29) is 36.5 Å². The van der Waals surface area contributed by atoms with E-state index in [1.165, 1.54) is 0 Å². The van der Waals surface area contributed by atoms with Gasteiger partial charge in [0.2, 0.25) is 17.7 Å². The Morgan fingerprint density at radius 1 is 1.12 bits per heavy atom. The molecule has 34 heavy (non-hydrogen) atoms. The highest BCUT2D eigenvalue weighted by molar-refractivity contribution is 5.99. The first-order chi connectivity index (χ1) is 16.3. The monoisotopic (exact) mass is 472 g/mol. The Hall–Kier alpha value is -3.10. The molecule has 0 saturated heterocycles. The van der Waals surface area contributed by atoms with Gasteiger partial charge in [0.25, 0.3) is 5.91 Å². The SMILES string of the molecule is CC(C)CC1NC(=O)CC[C@@H](C(=O)NCC2CC2)NC(=O)c2ccccc2OCCCNC1=O. The minimum absolute atomic E-state index is 0.00180. The number of nitrogens with one attached hydrogen (secondary N) is 4. The van der Waals surface area contributed by atoms with Gasteiger partial charge in [-0.3, -0.25) is 19.2 Å². The normalized spacial score (nSPS) is 22.6. The van der Waals surface area contributed by atoms with Crippen molar-refractivity contribution in [3.05, 3.63) is 29.8 Å². The third kappa shape index (κ3) is 8.04. The van der Waals surface area contributed by atoms with Crippen LogP contribution in [0.2, 0.25) is 0 Å². The molecule has 1 unspecified atom stereocenters. The predicted molar refractivity (Wildman–Crippen MR) is 127 cm³/mol. The van der Waals surface area contributed by atoms with Crippen molar-refractivity contribution >= 4 is 23.6 Å². The van der Waals surface area contributed by atoms with Crippen LogP contribution in [0.4, 0.5) is 0 Å². The van der Waals surface area contributed by atoms with Crippen LogP contribution < -0.4 is 26.0 Å². The number of para-hydroxylation sites is 1. The Morgan fingerprint density at radius 2 is 1.88 bits per heavy atom. The van der Waals surface area contributed by atoms with Crippen molar-refractivity contribution in [2.45, 2.75) is 64.5 Å². The van der Waals surface area contributed by atoms with Crippen molar-refractivity contribution in [1.29, 1.82) is 0 Å². The van der Waals surface area contributed by atoms with Crippen molar-refractivity contribution in [3.8, 4) is 5.75 Å². The van der Waals surface area contributed by atoms with Gasteiger partial charge < -0.3 is 26.0 Å². The Morgan fingerprint density at radius 3 is 2.62 bits per heavy atom. The average Bonchev–Trinajstić information content (AvgIpc) is 3.63. The zero-order valence-electron chi connectivity index (χ0n) is 20.0. The largest absolute Gasteiger partial charge is 0.493 e. The van der Waals surface area contributed by atoms with E-state index in [2.05, 4.69) is 21.3 Å². The fraction of sp³-hybridized carbons (Fsp3) is 0.600. The highest BCUT2D eigenvalue weighted by atomic mass is 16.5. The third-order valence-corrected chi connectivity index (χ3v) is 5.91. The first-order valence-corrected chi connectivity index (χ1v) is 12.2. The molecule has 1 saturated carbocycles. The average molecular weight is 473 g/mol. The first kappa shape index (κ1) is 25.5. The van der Waals surface area contributed by atoms with E-state index in [1.807, 2.05) is 13.8 Å². The number of fused-ring (bicyclic) bond motifs is 1. The third-order valence-electron chi connectivity index (χ3n) is 5.91. The lowest BCUT2D eigenvalue weighted by molar-refractivity contribution is -0.129. The first-order valence-electron chi connectivity index (χ1n) is 12.2. The molecular weight excluding hydrogens is 436 g/mol. The van der Waals surface area contributed by atoms with E-state index in [9.17, 15) is 19.2 Å². The molecule has 2 aliphatic rings. The molecule has 9 heteroatoms. The highest BCUT2D eigenvalue weighted by Crippen LogP contribution is 2.27. The minimum Gasteiger partial charge on any atom is -0.493 e. The van der Waals surface area contributed by atoms with E-state index < -0.39 is 18.0 Å². The maximum absolute atomic E-state index is 13.0. The van der Waals surface area contributed by atoms with E-state index in [4.69, 9.17) is 4.74 Å². The smallest absolute Gasteiger partial charge is 0.255 e. The fourth-order valence-corrected chi connectivity index (χ4v) is 3.81. The zero-order valence-corrected chi connectivity index (χ0v) is 20.0.